The maximum Gasteiger partial charge on any atom is 0.292 e. The number of benzene rings is 1. The topological polar surface area (TPSA) is 72.2 Å². The molecule has 1 aromatic carbocycles. The molecule has 0 atom stereocenters. The van der Waals surface area contributed by atoms with Crippen molar-refractivity contribution in [1.82, 2.24) is 19.6 Å². The Morgan fingerprint density at radius 2 is 2.04 bits per heavy atom. The molecule has 3 aromatic heterocycles. The summed E-state index contributed by atoms with van der Waals surface area (Å²) in [5.41, 5.74) is 1.53. The molecule has 0 bridgehead atoms. The number of anilines is 1. The first-order valence-corrected chi connectivity index (χ1v) is 8.64. The number of rotatable bonds is 3. The molecule has 0 saturated carbocycles. The third-order valence-corrected chi connectivity index (χ3v) is 4.77. The molecule has 4 rings (SSSR count). The van der Waals surface area contributed by atoms with Gasteiger partial charge in [0, 0.05) is 34.3 Å². The van der Waals surface area contributed by atoms with Gasteiger partial charge in [-0.25, -0.2) is 0 Å². The standard InChI is InChI=1S/C16H10BrN5OS/c17-11-2-1-3-12(8-11)19-9-13-15(23)22-16(24-13)20-14(21-22)10-4-6-18-7-5-10/h1-9,19H/b13-9-. The molecular weight excluding hydrogens is 390 g/mol. The van der Waals surface area contributed by atoms with Gasteiger partial charge in [0.25, 0.3) is 5.56 Å². The fourth-order valence-corrected chi connectivity index (χ4v) is 3.41. The van der Waals surface area contributed by atoms with Crippen molar-refractivity contribution in [2.75, 3.05) is 5.32 Å². The number of hydrogen-bond acceptors (Lipinski definition) is 6. The van der Waals surface area contributed by atoms with E-state index < -0.39 is 0 Å². The van der Waals surface area contributed by atoms with Gasteiger partial charge in [-0.3, -0.25) is 9.78 Å². The Morgan fingerprint density at radius 3 is 2.79 bits per heavy atom. The Bertz CT molecular complexity index is 1120. The van der Waals surface area contributed by atoms with Crippen LogP contribution in [0.4, 0.5) is 5.69 Å². The summed E-state index contributed by atoms with van der Waals surface area (Å²) in [6, 6.07) is 11.3. The highest BCUT2D eigenvalue weighted by molar-refractivity contribution is 9.10. The zero-order valence-electron chi connectivity index (χ0n) is 12.2. The molecular formula is C16H10BrN5OS. The van der Waals surface area contributed by atoms with Gasteiger partial charge in [-0.1, -0.05) is 33.3 Å². The third-order valence-electron chi connectivity index (χ3n) is 3.31. The molecule has 6 nitrogen and oxygen atoms in total. The van der Waals surface area contributed by atoms with Crippen LogP contribution in [0.3, 0.4) is 0 Å². The summed E-state index contributed by atoms with van der Waals surface area (Å²) in [6.45, 7) is 0. The number of pyridine rings is 1. The van der Waals surface area contributed by atoms with Gasteiger partial charge in [0.15, 0.2) is 5.82 Å². The molecule has 0 aliphatic carbocycles. The monoisotopic (exact) mass is 399 g/mol. The van der Waals surface area contributed by atoms with E-state index in [2.05, 4.69) is 36.3 Å². The van der Waals surface area contributed by atoms with Crippen LogP contribution in [0.2, 0.25) is 0 Å². The lowest BCUT2D eigenvalue weighted by Crippen LogP contribution is -2.24. The first-order chi connectivity index (χ1) is 11.7. The molecule has 0 saturated heterocycles. The first-order valence-electron chi connectivity index (χ1n) is 7.03. The lowest BCUT2D eigenvalue weighted by Gasteiger charge is -1.99. The van der Waals surface area contributed by atoms with Gasteiger partial charge in [0.05, 0.1) is 0 Å². The highest BCUT2D eigenvalue weighted by Crippen LogP contribution is 2.16. The second-order valence-corrected chi connectivity index (χ2v) is 6.86. The summed E-state index contributed by atoms with van der Waals surface area (Å²) in [5, 5.41) is 7.41. The average molecular weight is 400 g/mol. The normalized spacial score (nSPS) is 12.0. The Morgan fingerprint density at radius 1 is 1.21 bits per heavy atom. The molecule has 24 heavy (non-hydrogen) atoms. The molecule has 0 aliphatic heterocycles. The summed E-state index contributed by atoms with van der Waals surface area (Å²) in [6.07, 6.45) is 5.02. The van der Waals surface area contributed by atoms with E-state index in [1.807, 2.05) is 36.4 Å². The Balaban J connectivity index is 1.71. The highest BCUT2D eigenvalue weighted by Gasteiger charge is 2.11. The highest BCUT2D eigenvalue weighted by atomic mass is 79.9. The second-order valence-electron chi connectivity index (χ2n) is 4.94. The van der Waals surface area contributed by atoms with Gasteiger partial charge >= 0.3 is 0 Å². The molecule has 1 N–H and O–H groups in total. The van der Waals surface area contributed by atoms with Crippen LogP contribution in [0, 0.1) is 0 Å². The maximum absolute atomic E-state index is 12.4. The minimum atomic E-state index is -0.190. The van der Waals surface area contributed by atoms with Crippen LogP contribution in [0.5, 0.6) is 0 Å². The number of thiazole rings is 1. The van der Waals surface area contributed by atoms with Crippen LogP contribution in [-0.2, 0) is 0 Å². The average Bonchev–Trinajstić information content (AvgIpc) is 3.14. The van der Waals surface area contributed by atoms with Crippen molar-refractivity contribution >= 4 is 44.1 Å². The molecule has 3 heterocycles. The lowest BCUT2D eigenvalue weighted by molar-refractivity contribution is 0.936. The molecule has 0 unspecified atom stereocenters. The fourth-order valence-electron chi connectivity index (χ4n) is 2.18. The molecule has 118 valence electrons. The van der Waals surface area contributed by atoms with E-state index in [1.165, 1.54) is 15.9 Å². The van der Waals surface area contributed by atoms with Crippen LogP contribution in [-0.4, -0.2) is 19.6 Å². The number of aromatic nitrogens is 4. The second kappa shape index (κ2) is 6.14. The molecule has 0 amide bonds. The number of fused-ring (bicyclic) bond motifs is 1. The van der Waals surface area contributed by atoms with Gasteiger partial charge in [0.2, 0.25) is 4.96 Å². The molecule has 0 fully saturated rings. The molecule has 0 spiro atoms. The van der Waals surface area contributed by atoms with Crippen molar-refractivity contribution in [3.8, 4) is 11.4 Å². The third kappa shape index (κ3) is 2.81. The predicted molar refractivity (Wildman–Crippen MR) is 97.8 cm³/mol. The van der Waals surface area contributed by atoms with E-state index >= 15 is 0 Å². The zero-order valence-corrected chi connectivity index (χ0v) is 14.6. The molecule has 4 aromatic rings. The van der Waals surface area contributed by atoms with E-state index in [1.54, 1.807) is 18.6 Å². The van der Waals surface area contributed by atoms with Crippen molar-refractivity contribution in [3.63, 3.8) is 0 Å². The van der Waals surface area contributed by atoms with Crippen molar-refractivity contribution in [2.45, 2.75) is 0 Å². The number of nitrogens with one attached hydrogen (secondary N) is 1. The lowest BCUT2D eigenvalue weighted by atomic mass is 10.3. The van der Waals surface area contributed by atoms with Gasteiger partial charge in [0.1, 0.15) is 4.53 Å². The van der Waals surface area contributed by atoms with Crippen molar-refractivity contribution in [1.29, 1.82) is 0 Å². The van der Waals surface area contributed by atoms with E-state index in [0.29, 0.717) is 15.3 Å². The van der Waals surface area contributed by atoms with Crippen molar-refractivity contribution in [2.24, 2.45) is 0 Å². The molecule has 0 aliphatic rings. The minimum absolute atomic E-state index is 0.190. The van der Waals surface area contributed by atoms with Crippen LogP contribution < -0.4 is 15.4 Å². The van der Waals surface area contributed by atoms with E-state index in [0.717, 1.165) is 15.7 Å². The quantitative estimate of drug-likeness (QED) is 0.572. The maximum atomic E-state index is 12.4. The van der Waals surface area contributed by atoms with Gasteiger partial charge in [-0.15, -0.1) is 5.10 Å². The Hall–Kier alpha value is -2.58. The number of halogens is 1. The fraction of sp³-hybridized carbons (Fsp3) is 0. The van der Waals surface area contributed by atoms with Crippen molar-refractivity contribution in [3.05, 3.63) is 68.2 Å². The minimum Gasteiger partial charge on any atom is -0.360 e. The smallest absolute Gasteiger partial charge is 0.292 e. The van der Waals surface area contributed by atoms with Crippen LogP contribution in [0.1, 0.15) is 0 Å². The predicted octanol–water partition coefficient (Wildman–Crippen LogP) is 2.54. The van der Waals surface area contributed by atoms with E-state index in [9.17, 15) is 4.79 Å². The molecule has 8 heteroatoms. The van der Waals surface area contributed by atoms with Crippen LogP contribution >= 0.6 is 27.3 Å². The van der Waals surface area contributed by atoms with Crippen LogP contribution in [0.15, 0.2) is 58.1 Å². The van der Waals surface area contributed by atoms with Crippen molar-refractivity contribution < 1.29 is 0 Å². The largest absolute Gasteiger partial charge is 0.360 e. The van der Waals surface area contributed by atoms with Gasteiger partial charge in [-0.2, -0.15) is 9.50 Å². The summed E-state index contributed by atoms with van der Waals surface area (Å²) in [4.78, 5) is 21.4. The zero-order chi connectivity index (χ0) is 16.5. The SMILES string of the molecule is O=c1/c(=C/Nc2cccc(Br)c2)sc2nc(-c3ccncc3)nn12. The Kier molecular flexibility index (Phi) is 3.83. The summed E-state index contributed by atoms with van der Waals surface area (Å²) in [7, 11) is 0. The summed E-state index contributed by atoms with van der Waals surface area (Å²) >= 11 is 4.71. The number of hydrogen-bond donors (Lipinski definition) is 1. The number of nitrogens with zero attached hydrogens (tertiary/aromatic N) is 4. The first kappa shape index (κ1) is 15.0. The molecule has 0 radical (unpaired) electrons. The van der Waals surface area contributed by atoms with E-state index in [4.69, 9.17) is 0 Å². The Labute approximate surface area is 148 Å². The van der Waals surface area contributed by atoms with E-state index in [-0.39, 0.29) is 5.56 Å². The van der Waals surface area contributed by atoms with Gasteiger partial charge in [-0.05, 0) is 30.3 Å². The summed E-state index contributed by atoms with van der Waals surface area (Å²) < 4.78 is 2.84. The van der Waals surface area contributed by atoms with Crippen LogP contribution in [0.25, 0.3) is 22.5 Å². The van der Waals surface area contributed by atoms with Gasteiger partial charge < -0.3 is 5.32 Å². The summed E-state index contributed by atoms with van der Waals surface area (Å²) in [5.74, 6) is 0.521.